The van der Waals surface area contributed by atoms with Crippen LogP contribution in [-0.4, -0.2) is 65.9 Å². The van der Waals surface area contributed by atoms with Crippen molar-refractivity contribution in [3.8, 4) is 0 Å². The zero-order valence-electron chi connectivity index (χ0n) is 15.0. The zero-order chi connectivity index (χ0) is 17.5. The summed E-state index contributed by atoms with van der Waals surface area (Å²) < 4.78 is 0. The molecule has 0 N–H and O–H groups in total. The molecule has 2 rings (SSSR count). The molecule has 6 heteroatoms. The molecule has 0 atom stereocenters. The molecule has 1 aromatic heterocycles. The highest BCUT2D eigenvalue weighted by Crippen LogP contribution is 2.17. The zero-order valence-corrected chi connectivity index (χ0v) is 15.0. The fraction of sp³-hybridized carbons (Fsp3) is 0.611. The van der Waals surface area contributed by atoms with Crippen LogP contribution in [0.2, 0.25) is 0 Å². The summed E-state index contributed by atoms with van der Waals surface area (Å²) in [6.07, 6.45) is 5.59. The Morgan fingerprint density at radius 1 is 1.04 bits per heavy atom. The molecule has 24 heavy (non-hydrogen) atoms. The van der Waals surface area contributed by atoms with E-state index in [-0.39, 0.29) is 11.8 Å². The number of hydrogen-bond donors (Lipinski definition) is 0. The minimum Gasteiger partial charge on any atom is -0.370 e. The van der Waals surface area contributed by atoms with E-state index in [4.69, 9.17) is 0 Å². The maximum Gasteiger partial charge on any atom is 0.255 e. The standard InChI is InChI=1S/C18H28N4O2/c1-4-6-21(7-5-2)17-12-16(13-19-14-17)18(24)22-10-8-20(9-11-22)15(3)23/h12-14H,4-11H2,1-3H3. The third-order valence-electron chi connectivity index (χ3n) is 4.34. The molecule has 6 nitrogen and oxygen atoms in total. The molecule has 1 aliphatic heterocycles. The van der Waals surface area contributed by atoms with Crippen LogP contribution < -0.4 is 4.90 Å². The van der Waals surface area contributed by atoms with Crippen LogP contribution >= 0.6 is 0 Å². The van der Waals surface area contributed by atoms with Gasteiger partial charge in [-0.2, -0.15) is 0 Å². The van der Waals surface area contributed by atoms with E-state index in [1.54, 1.807) is 18.0 Å². The van der Waals surface area contributed by atoms with Gasteiger partial charge < -0.3 is 14.7 Å². The number of aromatic nitrogens is 1. The number of pyridine rings is 1. The number of carbonyl (C=O) groups excluding carboxylic acids is 2. The summed E-state index contributed by atoms with van der Waals surface area (Å²) in [5.41, 5.74) is 1.63. The topological polar surface area (TPSA) is 56.8 Å². The Morgan fingerprint density at radius 3 is 2.17 bits per heavy atom. The SMILES string of the molecule is CCCN(CCC)c1cncc(C(=O)N2CCN(C(C)=O)CC2)c1. The van der Waals surface area contributed by atoms with E-state index in [0.29, 0.717) is 31.7 Å². The van der Waals surface area contributed by atoms with Gasteiger partial charge in [-0.05, 0) is 18.9 Å². The normalized spacial score (nSPS) is 14.6. The molecule has 1 aliphatic rings. The average molecular weight is 332 g/mol. The van der Waals surface area contributed by atoms with E-state index in [1.165, 1.54) is 0 Å². The van der Waals surface area contributed by atoms with Gasteiger partial charge in [0.15, 0.2) is 0 Å². The van der Waals surface area contributed by atoms with Gasteiger partial charge in [-0.15, -0.1) is 0 Å². The maximum absolute atomic E-state index is 12.7. The lowest BCUT2D eigenvalue weighted by molar-refractivity contribution is -0.130. The summed E-state index contributed by atoms with van der Waals surface area (Å²) in [5.74, 6) is 0.0704. The molecular formula is C18H28N4O2. The maximum atomic E-state index is 12.7. The van der Waals surface area contributed by atoms with E-state index >= 15 is 0 Å². The highest BCUT2D eigenvalue weighted by Gasteiger charge is 2.23. The molecule has 0 saturated carbocycles. The highest BCUT2D eigenvalue weighted by atomic mass is 16.2. The van der Waals surface area contributed by atoms with Crippen LogP contribution in [0.4, 0.5) is 5.69 Å². The largest absolute Gasteiger partial charge is 0.370 e. The van der Waals surface area contributed by atoms with Crippen molar-refractivity contribution in [3.63, 3.8) is 0 Å². The third-order valence-corrected chi connectivity index (χ3v) is 4.34. The van der Waals surface area contributed by atoms with Gasteiger partial charge in [0.25, 0.3) is 5.91 Å². The second-order valence-corrected chi connectivity index (χ2v) is 6.22. The van der Waals surface area contributed by atoms with Gasteiger partial charge in [-0.1, -0.05) is 13.8 Å². The number of piperazine rings is 1. The van der Waals surface area contributed by atoms with Crippen molar-refractivity contribution < 1.29 is 9.59 Å². The molecule has 0 unspecified atom stereocenters. The molecule has 2 amide bonds. The first-order chi connectivity index (χ1) is 11.6. The molecule has 1 fully saturated rings. The van der Waals surface area contributed by atoms with Crippen LogP contribution in [0.15, 0.2) is 18.5 Å². The van der Waals surface area contributed by atoms with Crippen LogP contribution in [0, 0.1) is 0 Å². The summed E-state index contributed by atoms with van der Waals surface area (Å²) in [6, 6.07) is 1.94. The fourth-order valence-corrected chi connectivity index (χ4v) is 3.03. The summed E-state index contributed by atoms with van der Waals surface area (Å²) in [4.78, 5) is 34.3. The molecule has 0 spiro atoms. The molecule has 0 radical (unpaired) electrons. The lowest BCUT2D eigenvalue weighted by Gasteiger charge is -2.34. The quantitative estimate of drug-likeness (QED) is 0.800. The van der Waals surface area contributed by atoms with E-state index in [0.717, 1.165) is 31.6 Å². The van der Waals surface area contributed by atoms with E-state index in [2.05, 4.69) is 23.7 Å². The number of nitrogens with zero attached hydrogens (tertiary/aromatic N) is 4. The Labute approximate surface area is 144 Å². The van der Waals surface area contributed by atoms with Gasteiger partial charge in [-0.25, -0.2) is 0 Å². The minimum atomic E-state index is 0.000462. The van der Waals surface area contributed by atoms with Crippen LogP contribution in [0.3, 0.4) is 0 Å². The van der Waals surface area contributed by atoms with E-state index in [1.807, 2.05) is 17.2 Å². The predicted octanol–water partition coefficient (Wildman–Crippen LogP) is 2.01. The lowest BCUT2D eigenvalue weighted by Crippen LogP contribution is -2.50. The predicted molar refractivity (Wildman–Crippen MR) is 95.2 cm³/mol. The summed E-state index contributed by atoms with van der Waals surface area (Å²) in [6.45, 7) is 10.2. The summed E-state index contributed by atoms with van der Waals surface area (Å²) in [5, 5.41) is 0. The second kappa shape index (κ2) is 8.66. The molecule has 1 aromatic rings. The van der Waals surface area contributed by atoms with Crippen molar-refractivity contribution in [1.82, 2.24) is 14.8 Å². The van der Waals surface area contributed by atoms with Crippen molar-refractivity contribution >= 4 is 17.5 Å². The van der Waals surface area contributed by atoms with Crippen molar-refractivity contribution in [2.45, 2.75) is 33.6 Å². The number of hydrogen-bond acceptors (Lipinski definition) is 4. The molecule has 0 aromatic carbocycles. The Kier molecular flexibility index (Phi) is 6.58. The van der Waals surface area contributed by atoms with Crippen LogP contribution in [-0.2, 0) is 4.79 Å². The first-order valence-corrected chi connectivity index (χ1v) is 8.81. The van der Waals surface area contributed by atoms with Gasteiger partial charge in [0, 0.05) is 52.4 Å². The van der Waals surface area contributed by atoms with Gasteiger partial charge in [0.05, 0.1) is 17.4 Å². The lowest BCUT2D eigenvalue weighted by atomic mass is 10.2. The average Bonchev–Trinajstić information content (AvgIpc) is 2.61. The van der Waals surface area contributed by atoms with Gasteiger partial charge in [0.2, 0.25) is 5.91 Å². The van der Waals surface area contributed by atoms with Crippen LogP contribution in [0.25, 0.3) is 0 Å². The van der Waals surface area contributed by atoms with Crippen molar-refractivity contribution in [2.24, 2.45) is 0 Å². The van der Waals surface area contributed by atoms with Gasteiger partial charge in [-0.3, -0.25) is 14.6 Å². The van der Waals surface area contributed by atoms with E-state index < -0.39 is 0 Å². The first-order valence-electron chi connectivity index (χ1n) is 8.81. The molecule has 2 heterocycles. The monoisotopic (exact) mass is 332 g/mol. The van der Waals surface area contributed by atoms with Crippen molar-refractivity contribution in [3.05, 3.63) is 24.0 Å². The Balaban J connectivity index is 2.07. The molecule has 1 saturated heterocycles. The number of amides is 2. The number of carbonyl (C=O) groups is 2. The summed E-state index contributed by atoms with van der Waals surface area (Å²) in [7, 11) is 0. The van der Waals surface area contributed by atoms with Gasteiger partial charge in [0.1, 0.15) is 0 Å². The smallest absolute Gasteiger partial charge is 0.255 e. The van der Waals surface area contributed by atoms with Crippen molar-refractivity contribution in [1.29, 1.82) is 0 Å². The fourth-order valence-electron chi connectivity index (χ4n) is 3.03. The molecule has 132 valence electrons. The van der Waals surface area contributed by atoms with E-state index in [9.17, 15) is 9.59 Å². The Bertz CT molecular complexity index is 562. The number of rotatable bonds is 6. The van der Waals surface area contributed by atoms with Crippen molar-refractivity contribution in [2.75, 3.05) is 44.2 Å². The second-order valence-electron chi connectivity index (χ2n) is 6.22. The summed E-state index contributed by atoms with van der Waals surface area (Å²) >= 11 is 0. The Hall–Kier alpha value is -2.11. The van der Waals surface area contributed by atoms with Crippen LogP contribution in [0.1, 0.15) is 44.0 Å². The number of anilines is 1. The highest BCUT2D eigenvalue weighted by molar-refractivity contribution is 5.95. The molecular weight excluding hydrogens is 304 g/mol. The van der Waals surface area contributed by atoms with Crippen LogP contribution in [0.5, 0.6) is 0 Å². The molecule has 0 bridgehead atoms. The third kappa shape index (κ3) is 4.46. The van der Waals surface area contributed by atoms with Gasteiger partial charge >= 0.3 is 0 Å². The molecule has 0 aliphatic carbocycles. The Morgan fingerprint density at radius 2 is 1.62 bits per heavy atom. The first kappa shape index (κ1) is 18.2. The minimum absolute atomic E-state index is 0.000462.